The molecule has 1 aromatic heterocycles. The average molecular weight is 339 g/mol. The molecular formula is C15H16BrFN2O. The maximum atomic E-state index is 13.1. The molecule has 0 aliphatic heterocycles. The first-order valence-corrected chi connectivity index (χ1v) is 7.05. The van der Waals surface area contributed by atoms with Gasteiger partial charge in [-0.3, -0.25) is 0 Å². The van der Waals surface area contributed by atoms with Crippen molar-refractivity contribution in [1.82, 2.24) is 10.3 Å². The van der Waals surface area contributed by atoms with E-state index in [1.165, 1.54) is 12.1 Å². The average Bonchev–Trinajstić information content (AvgIpc) is 2.37. The number of nitrogens with one attached hydrogen (secondary N) is 1. The third kappa shape index (κ3) is 3.35. The van der Waals surface area contributed by atoms with Gasteiger partial charge >= 0.3 is 0 Å². The lowest BCUT2D eigenvalue weighted by molar-refractivity contribution is 0.448. The molecule has 0 saturated carbocycles. The number of halogens is 2. The molecule has 0 unspecified atom stereocenters. The van der Waals surface area contributed by atoms with E-state index in [9.17, 15) is 4.39 Å². The number of aryl methyl sites for hydroxylation is 2. The number of rotatable bonds is 4. The highest BCUT2D eigenvalue weighted by Gasteiger charge is 2.12. The zero-order valence-electron chi connectivity index (χ0n) is 11.6. The normalized spacial score (nSPS) is 10.7. The lowest BCUT2D eigenvalue weighted by Crippen LogP contribution is -2.09. The topological polar surface area (TPSA) is 34.2 Å². The summed E-state index contributed by atoms with van der Waals surface area (Å²) >= 11 is 3.30. The first kappa shape index (κ1) is 14.9. The minimum atomic E-state index is -0.312. The summed E-state index contributed by atoms with van der Waals surface area (Å²) in [6.45, 7) is 4.60. The summed E-state index contributed by atoms with van der Waals surface area (Å²) in [6.07, 6.45) is 0. The molecule has 0 radical (unpaired) electrons. The van der Waals surface area contributed by atoms with E-state index in [0.717, 1.165) is 16.8 Å². The molecule has 20 heavy (non-hydrogen) atoms. The van der Waals surface area contributed by atoms with Crippen LogP contribution in [-0.4, -0.2) is 12.0 Å². The molecule has 5 heteroatoms. The van der Waals surface area contributed by atoms with E-state index in [-0.39, 0.29) is 5.82 Å². The zero-order valence-corrected chi connectivity index (χ0v) is 13.2. The SMILES string of the molecule is CNCc1c(C)cc(C)nc1Oc1ccc(F)cc1Br. The van der Waals surface area contributed by atoms with Gasteiger partial charge in [0.15, 0.2) is 0 Å². The highest BCUT2D eigenvalue weighted by Crippen LogP contribution is 2.32. The van der Waals surface area contributed by atoms with Gasteiger partial charge in [-0.2, -0.15) is 0 Å². The van der Waals surface area contributed by atoms with Crippen molar-refractivity contribution in [2.24, 2.45) is 0 Å². The van der Waals surface area contributed by atoms with Crippen molar-refractivity contribution >= 4 is 15.9 Å². The Morgan fingerprint density at radius 2 is 2.05 bits per heavy atom. The Labute approximate surface area is 126 Å². The van der Waals surface area contributed by atoms with E-state index in [2.05, 4.69) is 26.2 Å². The van der Waals surface area contributed by atoms with Crippen LogP contribution in [0, 0.1) is 19.7 Å². The second-order valence-corrected chi connectivity index (χ2v) is 5.43. The lowest BCUT2D eigenvalue weighted by Gasteiger charge is -2.14. The highest BCUT2D eigenvalue weighted by molar-refractivity contribution is 9.10. The van der Waals surface area contributed by atoms with Crippen LogP contribution in [0.5, 0.6) is 11.6 Å². The number of nitrogens with zero attached hydrogens (tertiary/aromatic N) is 1. The Morgan fingerprint density at radius 1 is 1.30 bits per heavy atom. The number of aromatic nitrogens is 1. The van der Waals surface area contributed by atoms with Gasteiger partial charge in [0.05, 0.1) is 4.47 Å². The Balaban J connectivity index is 2.41. The Hall–Kier alpha value is -1.46. The Kier molecular flexibility index (Phi) is 4.73. The summed E-state index contributed by atoms with van der Waals surface area (Å²) < 4.78 is 19.5. The van der Waals surface area contributed by atoms with Crippen LogP contribution in [0.25, 0.3) is 0 Å². The lowest BCUT2D eigenvalue weighted by atomic mass is 10.1. The quantitative estimate of drug-likeness (QED) is 0.910. The van der Waals surface area contributed by atoms with Gasteiger partial charge in [-0.05, 0) is 66.7 Å². The standard InChI is InChI=1S/C15H16BrFN2O/c1-9-6-10(2)19-15(12(9)8-18-3)20-14-5-4-11(17)7-13(14)16/h4-7,18H,8H2,1-3H3. The number of benzene rings is 1. The molecule has 2 aromatic rings. The summed E-state index contributed by atoms with van der Waals surface area (Å²) in [5, 5.41) is 3.10. The van der Waals surface area contributed by atoms with E-state index in [1.807, 2.05) is 27.0 Å². The van der Waals surface area contributed by atoms with Crippen molar-refractivity contribution in [3.05, 3.63) is 51.4 Å². The van der Waals surface area contributed by atoms with Crippen molar-refractivity contribution in [2.45, 2.75) is 20.4 Å². The van der Waals surface area contributed by atoms with Gasteiger partial charge in [0.25, 0.3) is 0 Å². The molecule has 2 rings (SSSR count). The first-order valence-electron chi connectivity index (χ1n) is 6.26. The number of hydrogen-bond donors (Lipinski definition) is 1. The van der Waals surface area contributed by atoms with Crippen molar-refractivity contribution in [3.8, 4) is 11.6 Å². The maximum Gasteiger partial charge on any atom is 0.224 e. The summed E-state index contributed by atoms with van der Waals surface area (Å²) in [5.74, 6) is 0.776. The predicted molar refractivity (Wildman–Crippen MR) is 80.6 cm³/mol. The van der Waals surface area contributed by atoms with Gasteiger partial charge < -0.3 is 10.1 Å². The van der Waals surface area contributed by atoms with Crippen molar-refractivity contribution < 1.29 is 9.13 Å². The molecule has 0 aliphatic rings. The monoisotopic (exact) mass is 338 g/mol. The zero-order chi connectivity index (χ0) is 14.7. The fourth-order valence-corrected chi connectivity index (χ4v) is 2.40. The fraction of sp³-hybridized carbons (Fsp3) is 0.267. The smallest absolute Gasteiger partial charge is 0.224 e. The van der Waals surface area contributed by atoms with E-state index < -0.39 is 0 Å². The van der Waals surface area contributed by atoms with E-state index in [0.29, 0.717) is 22.6 Å². The molecule has 3 nitrogen and oxygen atoms in total. The van der Waals surface area contributed by atoms with Crippen LogP contribution in [0.3, 0.4) is 0 Å². The minimum absolute atomic E-state index is 0.312. The van der Waals surface area contributed by atoms with E-state index in [4.69, 9.17) is 4.74 Å². The van der Waals surface area contributed by atoms with E-state index in [1.54, 1.807) is 6.07 Å². The highest BCUT2D eigenvalue weighted by atomic mass is 79.9. The predicted octanol–water partition coefficient (Wildman–Crippen LogP) is 4.11. The second kappa shape index (κ2) is 6.33. The summed E-state index contributed by atoms with van der Waals surface area (Å²) in [5.41, 5.74) is 2.99. The van der Waals surface area contributed by atoms with Gasteiger partial charge in [-0.15, -0.1) is 0 Å². The first-order chi connectivity index (χ1) is 9.51. The van der Waals surface area contributed by atoms with Gasteiger partial charge in [0.2, 0.25) is 5.88 Å². The Morgan fingerprint density at radius 3 is 2.70 bits per heavy atom. The fourth-order valence-electron chi connectivity index (χ4n) is 1.97. The molecule has 1 heterocycles. The molecule has 0 saturated heterocycles. The molecule has 1 aromatic carbocycles. The molecule has 0 spiro atoms. The third-order valence-corrected chi connectivity index (χ3v) is 3.51. The molecule has 0 fully saturated rings. The van der Waals surface area contributed by atoms with Crippen LogP contribution in [0.2, 0.25) is 0 Å². The van der Waals surface area contributed by atoms with Crippen LogP contribution in [-0.2, 0) is 6.54 Å². The molecule has 106 valence electrons. The van der Waals surface area contributed by atoms with Crippen molar-refractivity contribution in [2.75, 3.05) is 7.05 Å². The van der Waals surface area contributed by atoms with Crippen LogP contribution < -0.4 is 10.1 Å². The Bertz CT molecular complexity index is 632. The van der Waals surface area contributed by atoms with Crippen molar-refractivity contribution in [1.29, 1.82) is 0 Å². The van der Waals surface area contributed by atoms with Gasteiger partial charge in [-0.1, -0.05) is 0 Å². The van der Waals surface area contributed by atoms with Crippen molar-refractivity contribution in [3.63, 3.8) is 0 Å². The molecule has 0 aliphatic carbocycles. The van der Waals surface area contributed by atoms with Crippen LogP contribution in [0.1, 0.15) is 16.8 Å². The van der Waals surface area contributed by atoms with Crippen LogP contribution in [0.15, 0.2) is 28.7 Å². The number of ether oxygens (including phenoxy) is 1. The molecular weight excluding hydrogens is 323 g/mol. The molecule has 0 bridgehead atoms. The number of pyridine rings is 1. The van der Waals surface area contributed by atoms with Gasteiger partial charge in [-0.25, -0.2) is 9.37 Å². The maximum absolute atomic E-state index is 13.1. The third-order valence-electron chi connectivity index (χ3n) is 2.89. The minimum Gasteiger partial charge on any atom is -0.437 e. The summed E-state index contributed by atoms with van der Waals surface area (Å²) in [6, 6.07) is 6.33. The number of hydrogen-bond acceptors (Lipinski definition) is 3. The van der Waals surface area contributed by atoms with E-state index >= 15 is 0 Å². The molecule has 0 atom stereocenters. The summed E-state index contributed by atoms with van der Waals surface area (Å²) in [4.78, 5) is 4.43. The summed E-state index contributed by atoms with van der Waals surface area (Å²) in [7, 11) is 1.87. The van der Waals surface area contributed by atoms with Crippen LogP contribution >= 0.6 is 15.9 Å². The van der Waals surface area contributed by atoms with Gasteiger partial charge in [0, 0.05) is 17.8 Å². The van der Waals surface area contributed by atoms with Crippen LogP contribution in [0.4, 0.5) is 4.39 Å². The van der Waals surface area contributed by atoms with Gasteiger partial charge in [0.1, 0.15) is 11.6 Å². The second-order valence-electron chi connectivity index (χ2n) is 4.57. The molecule has 0 amide bonds. The molecule has 1 N–H and O–H groups in total. The largest absolute Gasteiger partial charge is 0.437 e.